The molecule has 1 aliphatic rings. The summed E-state index contributed by atoms with van der Waals surface area (Å²) in [7, 11) is -1.12. The Kier molecular flexibility index (Phi) is 3.79. The minimum atomic E-state index is -1.12. The lowest BCUT2D eigenvalue weighted by Gasteiger charge is -2.14. The molecule has 1 saturated heterocycles. The number of ether oxygens (including phenoxy) is 1. The van der Waals surface area contributed by atoms with Crippen LogP contribution in [0.3, 0.4) is 0 Å². The van der Waals surface area contributed by atoms with Crippen LogP contribution in [0, 0.1) is 0 Å². The Morgan fingerprint density at radius 2 is 2.44 bits per heavy atom. The standard InChI is InChI=1S/C10H15N3O4S/c1-18(16)7-4-9(17-6(7)5-14)13-3-2-8(11)12-10(13)15/h2-3,6-7,9,14H,4-5H2,1H3,(H2,11,12,15)/t6-,7+,9-,18?/m1/s1. The molecule has 2 heterocycles. The van der Waals surface area contributed by atoms with E-state index in [2.05, 4.69) is 4.98 Å². The molecule has 1 aromatic rings. The highest BCUT2D eigenvalue weighted by molar-refractivity contribution is 7.85. The zero-order chi connectivity index (χ0) is 13.3. The Morgan fingerprint density at radius 3 is 2.94 bits per heavy atom. The van der Waals surface area contributed by atoms with Crippen LogP contribution in [0.15, 0.2) is 17.1 Å². The van der Waals surface area contributed by atoms with Crippen molar-refractivity contribution in [1.29, 1.82) is 0 Å². The minimum absolute atomic E-state index is 0.142. The lowest BCUT2D eigenvalue weighted by molar-refractivity contribution is -0.0238. The first-order valence-electron chi connectivity index (χ1n) is 5.46. The smallest absolute Gasteiger partial charge is 0.351 e. The summed E-state index contributed by atoms with van der Waals surface area (Å²) >= 11 is 0. The molecule has 3 N–H and O–H groups in total. The van der Waals surface area contributed by atoms with Crippen molar-refractivity contribution in [3.63, 3.8) is 0 Å². The molecule has 1 unspecified atom stereocenters. The number of hydrogen-bond donors (Lipinski definition) is 2. The van der Waals surface area contributed by atoms with Gasteiger partial charge in [0.2, 0.25) is 0 Å². The third-order valence-electron chi connectivity index (χ3n) is 2.95. The molecule has 0 bridgehead atoms. The topological polar surface area (TPSA) is 107 Å². The molecule has 0 aliphatic carbocycles. The summed E-state index contributed by atoms with van der Waals surface area (Å²) in [6.07, 6.45) is 2.37. The van der Waals surface area contributed by atoms with Gasteiger partial charge in [-0.25, -0.2) is 4.79 Å². The van der Waals surface area contributed by atoms with Gasteiger partial charge < -0.3 is 15.6 Å². The van der Waals surface area contributed by atoms with E-state index in [-0.39, 0.29) is 17.7 Å². The number of rotatable bonds is 3. The summed E-state index contributed by atoms with van der Waals surface area (Å²) in [4.78, 5) is 15.3. The van der Waals surface area contributed by atoms with E-state index in [0.717, 1.165) is 0 Å². The van der Waals surface area contributed by atoms with Crippen LogP contribution >= 0.6 is 0 Å². The summed E-state index contributed by atoms with van der Waals surface area (Å²) in [6.45, 7) is -0.224. The van der Waals surface area contributed by atoms with Crippen molar-refractivity contribution < 1.29 is 14.1 Å². The Morgan fingerprint density at radius 1 is 1.72 bits per heavy atom. The van der Waals surface area contributed by atoms with Crippen LogP contribution in [0.2, 0.25) is 0 Å². The Labute approximate surface area is 106 Å². The van der Waals surface area contributed by atoms with Crippen LogP contribution < -0.4 is 11.4 Å². The minimum Gasteiger partial charge on any atom is -0.394 e. The average Bonchev–Trinajstić information content (AvgIpc) is 2.73. The number of aliphatic hydroxyl groups is 1. The molecule has 4 atom stereocenters. The lowest BCUT2D eigenvalue weighted by atomic mass is 10.2. The fourth-order valence-electron chi connectivity index (χ4n) is 2.03. The third-order valence-corrected chi connectivity index (χ3v) is 4.30. The zero-order valence-electron chi connectivity index (χ0n) is 9.85. The van der Waals surface area contributed by atoms with Crippen LogP contribution in [0.5, 0.6) is 0 Å². The van der Waals surface area contributed by atoms with Gasteiger partial charge in [-0.1, -0.05) is 0 Å². The molecule has 2 rings (SSSR count). The second-order valence-electron chi connectivity index (χ2n) is 4.13. The second kappa shape index (κ2) is 5.17. The highest BCUT2D eigenvalue weighted by Crippen LogP contribution is 2.30. The molecule has 0 amide bonds. The summed E-state index contributed by atoms with van der Waals surface area (Å²) < 4.78 is 18.4. The maximum atomic E-state index is 11.7. The van der Waals surface area contributed by atoms with E-state index in [9.17, 15) is 14.1 Å². The van der Waals surface area contributed by atoms with Crippen molar-refractivity contribution in [2.75, 3.05) is 18.6 Å². The molecule has 0 aromatic carbocycles. The Hall–Kier alpha value is -1.25. The van der Waals surface area contributed by atoms with Crippen LogP contribution in [0.4, 0.5) is 5.82 Å². The monoisotopic (exact) mass is 273 g/mol. The van der Waals surface area contributed by atoms with Crippen molar-refractivity contribution in [2.45, 2.75) is 24.0 Å². The van der Waals surface area contributed by atoms with Gasteiger partial charge in [0.15, 0.2) is 0 Å². The van der Waals surface area contributed by atoms with E-state index in [1.165, 1.54) is 16.8 Å². The van der Waals surface area contributed by atoms with E-state index in [1.54, 1.807) is 6.26 Å². The highest BCUT2D eigenvalue weighted by atomic mass is 32.2. The van der Waals surface area contributed by atoms with Crippen molar-refractivity contribution in [3.8, 4) is 0 Å². The van der Waals surface area contributed by atoms with Gasteiger partial charge in [0.25, 0.3) is 0 Å². The maximum Gasteiger partial charge on any atom is 0.351 e. The molecule has 100 valence electrons. The van der Waals surface area contributed by atoms with E-state index >= 15 is 0 Å². The number of nitrogens with zero attached hydrogens (tertiary/aromatic N) is 2. The van der Waals surface area contributed by atoms with E-state index in [4.69, 9.17) is 10.5 Å². The number of anilines is 1. The fourth-order valence-corrected chi connectivity index (χ4v) is 3.04. The zero-order valence-corrected chi connectivity index (χ0v) is 10.7. The largest absolute Gasteiger partial charge is 0.394 e. The third kappa shape index (κ3) is 2.45. The number of aliphatic hydroxyl groups excluding tert-OH is 1. The fraction of sp³-hybridized carbons (Fsp3) is 0.600. The average molecular weight is 273 g/mol. The lowest BCUT2D eigenvalue weighted by Crippen LogP contribution is -2.28. The normalized spacial score (nSPS) is 29.3. The summed E-state index contributed by atoms with van der Waals surface area (Å²) in [5, 5.41) is 8.89. The number of nitrogens with two attached hydrogens (primary N) is 1. The molecular formula is C10H15N3O4S. The van der Waals surface area contributed by atoms with Gasteiger partial charge in [0, 0.05) is 29.7 Å². The molecule has 1 aliphatic heterocycles. The first-order chi connectivity index (χ1) is 8.52. The van der Waals surface area contributed by atoms with Gasteiger partial charge in [-0.05, 0) is 6.07 Å². The Balaban J connectivity index is 2.26. The molecule has 0 radical (unpaired) electrons. The quantitative estimate of drug-likeness (QED) is 0.720. The van der Waals surface area contributed by atoms with Crippen molar-refractivity contribution in [1.82, 2.24) is 9.55 Å². The molecule has 0 saturated carbocycles. The molecular weight excluding hydrogens is 258 g/mol. The molecule has 1 aromatic heterocycles. The van der Waals surface area contributed by atoms with E-state index < -0.39 is 28.8 Å². The van der Waals surface area contributed by atoms with Gasteiger partial charge in [-0.2, -0.15) is 4.98 Å². The molecule has 1 fully saturated rings. The molecule has 0 spiro atoms. The first-order valence-corrected chi connectivity index (χ1v) is 7.08. The summed E-state index contributed by atoms with van der Waals surface area (Å²) in [5.74, 6) is 0.142. The maximum absolute atomic E-state index is 11.7. The van der Waals surface area contributed by atoms with Gasteiger partial charge in [0.05, 0.1) is 18.0 Å². The summed E-state index contributed by atoms with van der Waals surface area (Å²) in [5.41, 5.74) is 4.89. The number of hydrogen-bond acceptors (Lipinski definition) is 6. The van der Waals surface area contributed by atoms with Gasteiger partial charge in [0.1, 0.15) is 12.0 Å². The SMILES string of the molecule is CS(=O)[C@H]1C[C@H](n2ccc(N)nc2=O)O[C@@H]1CO. The van der Waals surface area contributed by atoms with Crippen LogP contribution in [-0.4, -0.2) is 43.1 Å². The predicted octanol–water partition coefficient (Wildman–Crippen LogP) is -1.15. The van der Waals surface area contributed by atoms with Gasteiger partial charge in [-0.15, -0.1) is 0 Å². The van der Waals surface area contributed by atoms with E-state index in [1.807, 2.05) is 0 Å². The number of aromatic nitrogens is 2. The highest BCUT2D eigenvalue weighted by Gasteiger charge is 2.38. The van der Waals surface area contributed by atoms with Gasteiger partial charge in [-0.3, -0.25) is 8.78 Å². The van der Waals surface area contributed by atoms with Gasteiger partial charge >= 0.3 is 5.69 Å². The molecule has 18 heavy (non-hydrogen) atoms. The van der Waals surface area contributed by atoms with Crippen molar-refractivity contribution >= 4 is 16.6 Å². The van der Waals surface area contributed by atoms with Crippen LogP contribution in [0.25, 0.3) is 0 Å². The summed E-state index contributed by atoms with van der Waals surface area (Å²) in [6, 6.07) is 1.49. The second-order valence-corrected chi connectivity index (χ2v) is 5.73. The molecule has 8 heteroatoms. The van der Waals surface area contributed by atoms with Crippen molar-refractivity contribution in [3.05, 3.63) is 22.7 Å². The molecule has 7 nitrogen and oxygen atoms in total. The first kappa shape index (κ1) is 13.2. The van der Waals surface area contributed by atoms with Crippen molar-refractivity contribution in [2.24, 2.45) is 0 Å². The predicted molar refractivity (Wildman–Crippen MR) is 66.4 cm³/mol. The van der Waals surface area contributed by atoms with Crippen LogP contribution in [-0.2, 0) is 15.5 Å². The van der Waals surface area contributed by atoms with Crippen LogP contribution in [0.1, 0.15) is 12.6 Å². The Bertz CT molecular complexity index is 518. The number of nitrogen functional groups attached to an aromatic ring is 1. The van der Waals surface area contributed by atoms with E-state index in [0.29, 0.717) is 6.42 Å².